The first-order chi connectivity index (χ1) is 9.19. The van der Waals surface area contributed by atoms with E-state index in [1.807, 2.05) is 7.05 Å². The average Bonchev–Trinajstić information content (AvgIpc) is 2.39. The molecule has 2 heteroatoms. The largest absolute Gasteiger partial charge is 0.320 e. The summed E-state index contributed by atoms with van der Waals surface area (Å²) in [6.45, 7) is 5.38. The van der Waals surface area contributed by atoms with E-state index in [1.165, 1.54) is 28.3 Å². The van der Waals surface area contributed by atoms with Gasteiger partial charge in [0.1, 0.15) is 0 Å². The van der Waals surface area contributed by atoms with Crippen molar-refractivity contribution < 1.29 is 0 Å². The van der Waals surface area contributed by atoms with Crippen LogP contribution in [0.25, 0.3) is 10.8 Å². The Kier molecular flexibility index (Phi) is 4.94. The fraction of sp³-hybridized carbons (Fsp3) is 0.412. The smallest absolute Gasteiger partial charge is 0.0230 e. The van der Waals surface area contributed by atoms with Gasteiger partial charge in [0.05, 0.1) is 0 Å². The summed E-state index contributed by atoms with van der Waals surface area (Å²) in [5, 5.41) is 5.86. The van der Waals surface area contributed by atoms with Crippen LogP contribution in [0, 0.1) is 6.92 Å². The highest BCUT2D eigenvalue weighted by Crippen LogP contribution is 2.18. The van der Waals surface area contributed by atoms with Crippen LogP contribution in [0.1, 0.15) is 17.5 Å². The van der Waals surface area contributed by atoms with Crippen molar-refractivity contribution in [1.82, 2.24) is 10.2 Å². The lowest BCUT2D eigenvalue weighted by Gasteiger charge is -2.17. The topological polar surface area (TPSA) is 15.3 Å². The summed E-state index contributed by atoms with van der Waals surface area (Å²) in [5.41, 5.74) is 2.72. The van der Waals surface area contributed by atoms with Crippen molar-refractivity contribution >= 4 is 10.8 Å². The lowest BCUT2D eigenvalue weighted by Crippen LogP contribution is -2.22. The van der Waals surface area contributed by atoms with Crippen LogP contribution in [0.15, 0.2) is 36.4 Å². The van der Waals surface area contributed by atoms with Crippen LogP contribution in [-0.2, 0) is 6.54 Å². The van der Waals surface area contributed by atoms with Crippen LogP contribution < -0.4 is 5.32 Å². The van der Waals surface area contributed by atoms with Crippen molar-refractivity contribution in [1.29, 1.82) is 0 Å². The molecule has 0 spiro atoms. The molecule has 0 unspecified atom stereocenters. The molecular formula is C17H24N2. The third kappa shape index (κ3) is 4.05. The minimum Gasteiger partial charge on any atom is -0.320 e. The molecule has 0 fully saturated rings. The number of nitrogens with one attached hydrogen (secondary N) is 1. The number of benzene rings is 2. The second kappa shape index (κ2) is 6.69. The fourth-order valence-corrected chi connectivity index (χ4v) is 2.43. The standard InChI is InChI=1S/C17H24N2/c1-14-5-7-17-12-15(6-8-16(17)11-14)13-19(3)10-4-9-18-2/h5-8,11-12,18H,4,9-10,13H2,1-3H3. The van der Waals surface area contributed by atoms with Crippen LogP contribution >= 0.6 is 0 Å². The second-order valence-corrected chi connectivity index (χ2v) is 5.38. The van der Waals surface area contributed by atoms with E-state index in [0.717, 1.165) is 19.6 Å². The molecule has 2 aromatic rings. The quantitative estimate of drug-likeness (QED) is 0.799. The third-order valence-corrected chi connectivity index (χ3v) is 3.48. The van der Waals surface area contributed by atoms with E-state index in [2.05, 4.69) is 60.6 Å². The molecule has 0 aliphatic carbocycles. The molecule has 19 heavy (non-hydrogen) atoms. The number of hydrogen-bond acceptors (Lipinski definition) is 2. The van der Waals surface area contributed by atoms with Crippen molar-refractivity contribution in [3.63, 3.8) is 0 Å². The van der Waals surface area contributed by atoms with E-state index in [1.54, 1.807) is 0 Å². The number of nitrogens with zero attached hydrogens (tertiary/aromatic N) is 1. The number of rotatable bonds is 6. The first-order valence-electron chi connectivity index (χ1n) is 7.01. The monoisotopic (exact) mass is 256 g/mol. The van der Waals surface area contributed by atoms with Gasteiger partial charge in [-0.2, -0.15) is 0 Å². The van der Waals surface area contributed by atoms with E-state index in [4.69, 9.17) is 0 Å². The minimum atomic E-state index is 1.02. The summed E-state index contributed by atoms with van der Waals surface area (Å²) in [6.07, 6.45) is 1.19. The molecule has 102 valence electrons. The molecule has 0 bridgehead atoms. The Balaban J connectivity index is 2.02. The van der Waals surface area contributed by atoms with Gasteiger partial charge in [-0.3, -0.25) is 0 Å². The zero-order valence-electron chi connectivity index (χ0n) is 12.2. The summed E-state index contributed by atoms with van der Waals surface area (Å²) in [4.78, 5) is 2.38. The van der Waals surface area contributed by atoms with Gasteiger partial charge < -0.3 is 10.2 Å². The number of fused-ring (bicyclic) bond motifs is 1. The van der Waals surface area contributed by atoms with Gasteiger partial charge in [0.25, 0.3) is 0 Å². The zero-order chi connectivity index (χ0) is 13.7. The van der Waals surface area contributed by atoms with Crippen LogP contribution in [0.2, 0.25) is 0 Å². The Morgan fingerprint density at radius 1 is 1.05 bits per heavy atom. The molecule has 0 radical (unpaired) electrons. The molecular weight excluding hydrogens is 232 g/mol. The highest BCUT2D eigenvalue weighted by Gasteiger charge is 2.01. The zero-order valence-corrected chi connectivity index (χ0v) is 12.2. The molecule has 2 rings (SSSR count). The van der Waals surface area contributed by atoms with E-state index in [-0.39, 0.29) is 0 Å². The summed E-state index contributed by atoms with van der Waals surface area (Å²) >= 11 is 0. The van der Waals surface area contributed by atoms with Gasteiger partial charge in [-0.15, -0.1) is 0 Å². The van der Waals surface area contributed by atoms with E-state index >= 15 is 0 Å². The first kappa shape index (κ1) is 14.0. The van der Waals surface area contributed by atoms with Gasteiger partial charge in [0, 0.05) is 6.54 Å². The summed E-state index contributed by atoms with van der Waals surface area (Å²) in [6, 6.07) is 13.4. The number of hydrogen-bond donors (Lipinski definition) is 1. The van der Waals surface area contributed by atoms with Gasteiger partial charge in [-0.1, -0.05) is 35.9 Å². The first-order valence-corrected chi connectivity index (χ1v) is 7.01. The Bertz CT molecular complexity index is 534. The molecule has 1 N–H and O–H groups in total. The van der Waals surface area contributed by atoms with E-state index in [9.17, 15) is 0 Å². The molecule has 0 aromatic heterocycles. The van der Waals surface area contributed by atoms with Gasteiger partial charge in [0.2, 0.25) is 0 Å². The average molecular weight is 256 g/mol. The number of aryl methyl sites for hydroxylation is 1. The van der Waals surface area contributed by atoms with Crippen molar-refractivity contribution in [3.05, 3.63) is 47.5 Å². The van der Waals surface area contributed by atoms with E-state index < -0.39 is 0 Å². The molecule has 0 aliphatic rings. The van der Waals surface area contributed by atoms with Crippen molar-refractivity contribution in [2.24, 2.45) is 0 Å². The Morgan fingerprint density at radius 2 is 1.79 bits per heavy atom. The van der Waals surface area contributed by atoms with Crippen molar-refractivity contribution in [3.8, 4) is 0 Å². The van der Waals surface area contributed by atoms with Crippen LogP contribution in [0.3, 0.4) is 0 Å². The SMILES string of the molecule is CNCCCN(C)Cc1ccc2cc(C)ccc2c1. The lowest BCUT2D eigenvalue weighted by molar-refractivity contribution is 0.321. The lowest BCUT2D eigenvalue weighted by atomic mass is 10.0. The Hall–Kier alpha value is -1.38. The molecule has 2 aromatic carbocycles. The summed E-state index contributed by atoms with van der Waals surface area (Å²) in [7, 11) is 4.19. The van der Waals surface area contributed by atoms with Crippen LogP contribution in [-0.4, -0.2) is 32.1 Å². The van der Waals surface area contributed by atoms with Crippen LogP contribution in [0.5, 0.6) is 0 Å². The van der Waals surface area contributed by atoms with E-state index in [0.29, 0.717) is 0 Å². The van der Waals surface area contributed by atoms with Gasteiger partial charge in [0.15, 0.2) is 0 Å². The summed E-state index contributed by atoms with van der Waals surface area (Å²) < 4.78 is 0. The maximum absolute atomic E-state index is 3.19. The molecule has 0 saturated heterocycles. The molecule has 2 nitrogen and oxygen atoms in total. The predicted octanol–water partition coefficient (Wildman–Crippen LogP) is 3.19. The van der Waals surface area contributed by atoms with Crippen LogP contribution in [0.4, 0.5) is 0 Å². The third-order valence-electron chi connectivity index (χ3n) is 3.48. The highest BCUT2D eigenvalue weighted by atomic mass is 15.1. The Labute approximate surface area is 116 Å². The van der Waals surface area contributed by atoms with Crippen molar-refractivity contribution in [2.75, 3.05) is 27.2 Å². The molecule has 0 saturated carbocycles. The molecule has 0 atom stereocenters. The maximum atomic E-state index is 3.19. The molecule has 0 aliphatic heterocycles. The summed E-state index contributed by atoms with van der Waals surface area (Å²) in [5.74, 6) is 0. The molecule has 0 heterocycles. The second-order valence-electron chi connectivity index (χ2n) is 5.38. The maximum Gasteiger partial charge on any atom is 0.0230 e. The van der Waals surface area contributed by atoms with Gasteiger partial charge in [-0.05, 0) is 62.9 Å². The molecule has 0 amide bonds. The van der Waals surface area contributed by atoms with Crippen molar-refractivity contribution in [2.45, 2.75) is 19.9 Å². The predicted molar refractivity (Wildman–Crippen MR) is 83.6 cm³/mol. The normalized spacial score (nSPS) is 11.4. The van der Waals surface area contributed by atoms with Gasteiger partial charge >= 0.3 is 0 Å². The minimum absolute atomic E-state index is 1.02. The highest BCUT2D eigenvalue weighted by molar-refractivity contribution is 5.83. The fourth-order valence-electron chi connectivity index (χ4n) is 2.43. The Morgan fingerprint density at radius 3 is 2.58 bits per heavy atom. The van der Waals surface area contributed by atoms with Gasteiger partial charge in [-0.25, -0.2) is 0 Å².